The van der Waals surface area contributed by atoms with Gasteiger partial charge in [-0.25, -0.2) is 4.39 Å². The van der Waals surface area contributed by atoms with Crippen LogP contribution in [0.4, 0.5) is 4.39 Å². The number of carbonyl (C=O) groups excluding carboxylic acids is 2. The van der Waals surface area contributed by atoms with Gasteiger partial charge in [0.15, 0.2) is 5.78 Å². The Morgan fingerprint density at radius 2 is 2.03 bits per heavy atom. The maximum atomic E-state index is 13.7. The number of hydrogen-bond donors (Lipinski definition) is 3. The number of ketones is 1. The Hall–Kier alpha value is -3.52. The SMILES string of the molecule is COc1c(C(=O)NC[C@H](C)O)ccc2[nH]nc(C=Cc3ccc(F)c(C(C)=O)c3)c12. The molecule has 156 valence electrons. The number of Topliss-reactive ketones (excluding diaryl/α,β-unsaturated/α-hetero) is 1. The fraction of sp³-hybridized carbons (Fsp3) is 0.227. The summed E-state index contributed by atoms with van der Waals surface area (Å²) in [7, 11) is 1.46. The molecule has 7 nitrogen and oxygen atoms in total. The van der Waals surface area contributed by atoms with Gasteiger partial charge in [0.2, 0.25) is 0 Å². The van der Waals surface area contributed by atoms with E-state index in [0.717, 1.165) is 0 Å². The van der Waals surface area contributed by atoms with Crippen molar-refractivity contribution < 1.29 is 23.8 Å². The van der Waals surface area contributed by atoms with Crippen LogP contribution in [-0.2, 0) is 0 Å². The predicted molar refractivity (Wildman–Crippen MR) is 112 cm³/mol. The fourth-order valence-electron chi connectivity index (χ4n) is 3.05. The maximum Gasteiger partial charge on any atom is 0.255 e. The van der Waals surface area contributed by atoms with Crippen molar-refractivity contribution in [3.05, 3.63) is 58.5 Å². The number of hydrogen-bond acceptors (Lipinski definition) is 5. The van der Waals surface area contributed by atoms with Crippen LogP contribution in [0.3, 0.4) is 0 Å². The fourth-order valence-corrected chi connectivity index (χ4v) is 3.05. The van der Waals surface area contributed by atoms with E-state index in [2.05, 4.69) is 15.5 Å². The minimum absolute atomic E-state index is 0.0127. The second-order valence-corrected chi connectivity index (χ2v) is 6.87. The number of aliphatic hydroxyl groups is 1. The van der Waals surface area contributed by atoms with E-state index in [0.29, 0.717) is 33.5 Å². The average molecular weight is 411 g/mol. The van der Waals surface area contributed by atoms with Crippen LogP contribution in [0, 0.1) is 5.82 Å². The molecule has 0 aliphatic heterocycles. The van der Waals surface area contributed by atoms with Gasteiger partial charge in [-0.3, -0.25) is 14.7 Å². The van der Waals surface area contributed by atoms with Crippen LogP contribution in [0.1, 0.15) is 45.8 Å². The van der Waals surface area contributed by atoms with Crippen LogP contribution in [0.25, 0.3) is 23.1 Å². The van der Waals surface area contributed by atoms with Gasteiger partial charge in [-0.15, -0.1) is 0 Å². The van der Waals surface area contributed by atoms with E-state index in [9.17, 15) is 19.1 Å². The van der Waals surface area contributed by atoms with Gasteiger partial charge in [0, 0.05) is 6.54 Å². The predicted octanol–water partition coefficient (Wildman–Crippen LogP) is 3.19. The number of nitrogens with zero attached hydrogens (tertiary/aromatic N) is 1. The standard InChI is InChI=1S/C22H22FN3O4/c1-12(27)11-24-22(29)15-6-9-19-20(21(15)30-3)18(25-26-19)8-5-14-4-7-17(23)16(10-14)13(2)28/h4-10,12,27H,11H2,1-3H3,(H,24,29)(H,25,26)/t12-/m0/s1. The third-order valence-electron chi connectivity index (χ3n) is 4.52. The Morgan fingerprint density at radius 1 is 1.27 bits per heavy atom. The smallest absolute Gasteiger partial charge is 0.255 e. The number of H-pyrrole nitrogens is 1. The topological polar surface area (TPSA) is 104 Å². The van der Waals surface area contributed by atoms with Crippen LogP contribution >= 0.6 is 0 Å². The second kappa shape index (κ2) is 8.87. The Morgan fingerprint density at radius 3 is 2.70 bits per heavy atom. The number of nitrogens with one attached hydrogen (secondary N) is 2. The summed E-state index contributed by atoms with van der Waals surface area (Å²) < 4.78 is 19.2. The second-order valence-electron chi connectivity index (χ2n) is 6.87. The third kappa shape index (κ3) is 4.38. The molecule has 3 rings (SSSR count). The lowest BCUT2D eigenvalue weighted by atomic mass is 10.0. The van der Waals surface area contributed by atoms with E-state index in [4.69, 9.17) is 4.74 Å². The molecule has 0 saturated heterocycles. The summed E-state index contributed by atoms with van der Waals surface area (Å²) in [6.07, 6.45) is 2.71. The molecule has 0 bridgehead atoms. The first kappa shape index (κ1) is 21.2. The number of carbonyl (C=O) groups is 2. The van der Waals surface area contributed by atoms with Gasteiger partial charge in [0.05, 0.1) is 40.9 Å². The first-order valence-corrected chi connectivity index (χ1v) is 9.31. The summed E-state index contributed by atoms with van der Waals surface area (Å²) in [6, 6.07) is 7.59. The highest BCUT2D eigenvalue weighted by Gasteiger charge is 2.19. The van der Waals surface area contributed by atoms with Crippen molar-refractivity contribution >= 4 is 34.7 Å². The van der Waals surface area contributed by atoms with Crippen molar-refractivity contribution in [1.29, 1.82) is 0 Å². The molecule has 0 saturated carbocycles. The van der Waals surface area contributed by atoms with Gasteiger partial charge in [-0.2, -0.15) is 5.10 Å². The molecular formula is C22H22FN3O4. The minimum Gasteiger partial charge on any atom is -0.495 e. The number of benzene rings is 2. The number of aromatic amines is 1. The van der Waals surface area contributed by atoms with Gasteiger partial charge in [-0.05, 0) is 49.8 Å². The molecule has 0 aliphatic carbocycles. The van der Waals surface area contributed by atoms with Gasteiger partial charge in [0.1, 0.15) is 11.6 Å². The van der Waals surface area contributed by atoms with Crippen LogP contribution in [0.15, 0.2) is 30.3 Å². The molecule has 0 radical (unpaired) electrons. The molecule has 8 heteroatoms. The van der Waals surface area contributed by atoms with Crippen LogP contribution in [0.2, 0.25) is 0 Å². The van der Waals surface area contributed by atoms with E-state index in [1.807, 2.05) is 0 Å². The van der Waals surface area contributed by atoms with Crippen molar-refractivity contribution in [3.63, 3.8) is 0 Å². The Balaban J connectivity index is 2.00. The molecule has 0 unspecified atom stereocenters. The zero-order valence-electron chi connectivity index (χ0n) is 16.8. The van der Waals surface area contributed by atoms with Crippen LogP contribution in [-0.4, -0.2) is 46.8 Å². The molecule has 1 heterocycles. The van der Waals surface area contributed by atoms with Crippen molar-refractivity contribution in [2.24, 2.45) is 0 Å². The lowest BCUT2D eigenvalue weighted by Gasteiger charge is -2.11. The Bertz CT molecular complexity index is 1130. The van der Waals surface area contributed by atoms with E-state index >= 15 is 0 Å². The summed E-state index contributed by atoms with van der Waals surface area (Å²) in [5.41, 5.74) is 2.13. The van der Waals surface area contributed by atoms with E-state index < -0.39 is 11.9 Å². The highest BCUT2D eigenvalue weighted by molar-refractivity contribution is 6.05. The van der Waals surface area contributed by atoms with Crippen molar-refractivity contribution in [2.75, 3.05) is 13.7 Å². The lowest BCUT2D eigenvalue weighted by molar-refractivity contribution is 0.0920. The maximum absolute atomic E-state index is 13.7. The van der Waals surface area contributed by atoms with Crippen molar-refractivity contribution in [1.82, 2.24) is 15.5 Å². The number of amides is 1. The molecule has 30 heavy (non-hydrogen) atoms. The van der Waals surface area contributed by atoms with Crippen molar-refractivity contribution in [3.8, 4) is 5.75 Å². The summed E-state index contributed by atoms with van der Waals surface area (Å²) in [4.78, 5) is 24.1. The van der Waals surface area contributed by atoms with E-state index in [-0.39, 0.29) is 23.8 Å². The number of aromatic nitrogens is 2. The number of ether oxygens (including phenoxy) is 1. The lowest BCUT2D eigenvalue weighted by Crippen LogP contribution is -2.30. The minimum atomic E-state index is -0.674. The highest BCUT2D eigenvalue weighted by atomic mass is 19.1. The van der Waals surface area contributed by atoms with Gasteiger partial charge in [-0.1, -0.05) is 12.1 Å². The van der Waals surface area contributed by atoms with Crippen molar-refractivity contribution in [2.45, 2.75) is 20.0 Å². The third-order valence-corrected chi connectivity index (χ3v) is 4.52. The van der Waals surface area contributed by atoms with Gasteiger partial charge >= 0.3 is 0 Å². The molecule has 0 spiro atoms. The number of halogens is 1. The van der Waals surface area contributed by atoms with E-state index in [1.54, 1.807) is 37.3 Å². The normalized spacial score (nSPS) is 12.3. The molecule has 1 atom stereocenters. The molecule has 0 fully saturated rings. The highest BCUT2D eigenvalue weighted by Crippen LogP contribution is 2.32. The summed E-state index contributed by atoms with van der Waals surface area (Å²) >= 11 is 0. The Kier molecular flexibility index (Phi) is 6.27. The molecule has 1 aromatic heterocycles. The number of methoxy groups -OCH3 is 1. The number of aliphatic hydroxyl groups excluding tert-OH is 1. The summed E-state index contributed by atoms with van der Waals surface area (Å²) in [6.45, 7) is 3.00. The molecule has 1 amide bonds. The summed E-state index contributed by atoms with van der Waals surface area (Å²) in [5.74, 6) is -0.968. The Labute approximate surface area is 172 Å². The first-order valence-electron chi connectivity index (χ1n) is 9.31. The van der Waals surface area contributed by atoms with Crippen LogP contribution < -0.4 is 10.1 Å². The molecule has 0 aliphatic rings. The summed E-state index contributed by atoms with van der Waals surface area (Å²) in [5, 5.41) is 19.8. The first-order chi connectivity index (χ1) is 14.3. The van der Waals surface area contributed by atoms with Gasteiger partial charge < -0.3 is 15.2 Å². The largest absolute Gasteiger partial charge is 0.495 e. The van der Waals surface area contributed by atoms with Gasteiger partial charge in [0.25, 0.3) is 5.91 Å². The number of rotatable bonds is 7. The molecular weight excluding hydrogens is 389 g/mol. The average Bonchev–Trinajstić information content (AvgIpc) is 3.13. The zero-order valence-corrected chi connectivity index (χ0v) is 16.8. The molecule has 2 aromatic carbocycles. The van der Waals surface area contributed by atoms with Crippen LogP contribution in [0.5, 0.6) is 5.75 Å². The molecule has 3 aromatic rings. The molecule has 3 N–H and O–H groups in total. The number of fused-ring (bicyclic) bond motifs is 1. The van der Waals surface area contributed by atoms with E-state index in [1.165, 1.54) is 26.2 Å². The monoisotopic (exact) mass is 411 g/mol. The zero-order chi connectivity index (χ0) is 21.8. The quantitative estimate of drug-likeness (QED) is 0.518.